The predicted octanol–water partition coefficient (Wildman–Crippen LogP) is 3.86. The summed E-state index contributed by atoms with van der Waals surface area (Å²) in [5, 5.41) is 0. The van der Waals surface area contributed by atoms with Gasteiger partial charge in [-0.15, -0.1) is 0 Å². The molecule has 0 aliphatic heterocycles. The highest BCUT2D eigenvalue weighted by Gasteiger charge is 2.12. The van der Waals surface area contributed by atoms with Gasteiger partial charge in [-0.1, -0.05) is 36.4 Å². The Hall–Kier alpha value is -2.75. The molecule has 0 N–H and O–H groups in total. The lowest BCUT2D eigenvalue weighted by Crippen LogP contribution is -1.99. The van der Waals surface area contributed by atoms with Gasteiger partial charge in [-0.3, -0.25) is 0 Å². The van der Waals surface area contributed by atoms with Gasteiger partial charge in [0.25, 0.3) is 0 Å². The number of halogens is 1. The van der Waals surface area contributed by atoms with Gasteiger partial charge in [0.2, 0.25) is 0 Å². The summed E-state index contributed by atoms with van der Waals surface area (Å²) in [5.41, 5.74) is 1.32. The quantitative estimate of drug-likeness (QED) is 0.728. The zero-order valence-electron chi connectivity index (χ0n) is 11.2. The van der Waals surface area contributed by atoms with Crippen LogP contribution in [0.2, 0.25) is 0 Å². The molecule has 0 aliphatic carbocycles. The molecule has 21 heavy (non-hydrogen) atoms. The van der Waals surface area contributed by atoms with E-state index in [1.54, 1.807) is 36.7 Å². The van der Waals surface area contributed by atoms with Crippen molar-refractivity contribution >= 4 is 0 Å². The number of nitrogens with zero attached hydrogens (tertiary/aromatic N) is 2. The summed E-state index contributed by atoms with van der Waals surface area (Å²) in [7, 11) is 0. The molecule has 0 unspecified atom stereocenters. The molecule has 0 atom stereocenters. The number of aromatic nitrogens is 2. The summed E-state index contributed by atoms with van der Waals surface area (Å²) in [6.45, 7) is 0.316. The molecule has 3 aromatic rings. The first-order valence-corrected chi connectivity index (χ1v) is 6.57. The lowest BCUT2D eigenvalue weighted by Gasteiger charge is -2.09. The van der Waals surface area contributed by atoms with Gasteiger partial charge in [0.15, 0.2) is 17.4 Å². The molecule has 0 saturated heterocycles. The molecule has 0 radical (unpaired) electrons. The fraction of sp³-hybridized carbons (Fsp3) is 0.0588. The topological polar surface area (TPSA) is 35.0 Å². The Labute approximate surface area is 122 Å². The maximum Gasteiger partial charge on any atom is 0.176 e. The minimum absolute atomic E-state index is 0.198. The Balaban J connectivity index is 1.84. The standard InChI is InChI=1S/C17H13FN2O/c18-16-14(17-19-10-5-11-20-17)8-4-9-15(16)21-12-13-6-2-1-3-7-13/h1-11H,12H2. The average molecular weight is 280 g/mol. The van der Waals surface area contributed by atoms with Crippen molar-refractivity contribution in [3.8, 4) is 17.1 Å². The molecule has 0 bridgehead atoms. The van der Waals surface area contributed by atoms with Gasteiger partial charge < -0.3 is 4.74 Å². The number of ether oxygens (including phenoxy) is 1. The number of rotatable bonds is 4. The molecule has 0 amide bonds. The van der Waals surface area contributed by atoms with E-state index in [4.69, 9.17) is 4.74 Å². The van der Waals surface area contributed by atoms with E-state index < -0.39 is 5.82 Å². The van der Waals surface area contributed by atoms with Crippen molar-refractivity contribution < 1.29 is 9.13 Å². The first-order valence-electron chi connectivity index (χ1n) is 6.57. The largest absolute Gasteiger partial charge is 0.486 e. The SMILES string of the molecule is Fc1c(OCc2ccccc2)cccc1-c1ncccn1. The van der Waals surface area contributed by atoms with Crippen LogP contribution in [-0.4, -0.2) is 9.97 Å². The summed E-state index contributed by atoms with van der Waals surface area (Å²) in [6.07, 6.45) is 3.17. The van der Waals surface area contributed by atoms with Crippen LogP contribution in [0.4, 0.5) is 4.39 Å². The first-order chi connectivity index (χ1) is 10.3. The second-order valence-electron chi connectivity index (χ2n) is 4.46. The third-order valence-corrected chi connectivity index (χ3v) is 3.01. The molecule has 0 aliphatic rings. The Bertz CT molecular complexity index is 717. The van der Waals surface area contributed by atoms with Crippen LogP contribution < -0.4 is 4.74 Å². The Morgan fingerprint density at radius 3 is 2.38 bits per heavy atom. The monoisotopic (exact) mass is 280 g/mol. The normalized spacial score (nSPS) is 10.3. The van der Waals surface area contributed by atoms with E-state index in [-0.39, 0.29) is 5.75 Å². The van der Waals surface area contributed by atoms with Crippen molar-refractivity contribution in [1.29, 1.82) is 0 Å². The fourth-order valence-electron chi connectivity index (χ4n) is 1.97. The molecule has 4 heteroatoms. The summed E-state index contributed by atoms with van der Waals surface area (Å²) in [5.74, 6) is 0.101. The van der Waals surface area contributed by atoms with Gasteiger partial charge in [-0.25, -0.2) is 14.4 Å². The van der Waals surface area contributed by atoms with Crippen LogP contribution in [0.15, 0.2) is 67.0 Å². The van der Waals surface area contributed by atoms with Crippen LogP contribution in [0.1, 0.15) is 5.56 Å². The smallest absolute Gasteiger partial charge is 0.176 e. The third-order valence-electron chi connectivity index (χ3n) is 3.01. The van der Waals surface area contributed by atoms with E-state index in [1.165, 1.54) is 0 Å². The minimum atomic E-state index is -0.445. The van der Waals surface area contributed by atoms with Gasteiger partial charge in [-0.05, 0) is 23.8 Å². The van der Waals surface area contributed by atoms with E-state index in [1.807, 2.05) is 30.3 Å². The van der Waals surface area contributed by atoms with Crippen LogP contribution in [0.3, 0.4) is 0 Å². The Kier molecular flexibility index (Phi) is 3.87. The zero-order valence-corrected chi connectivity index (χ0v) is 11.2. The summed E-state index contributed by atoms with van der Waals surface area (Å²) >= 11 is 0. The van der Waals surface area contributed by atoms with Crippen molar-refractivity contribution in [3.63, 3.8) is 0 Å². The molecule has 0 fully saturated rings. The van der Waals surface area contributed by atoms with E-state index in [0.717, 1.165) is 5.56 Å². The van der Waals surface area contributed by atoms with Crippen LogP contribution >= 0.6 is 0 Å². The van der Waals surface area contributed by atoms with Crippen LogP contribution in [0, 0.1) is 5.82 Å². The second-order valence-corrected chi connectivity index (χ2v) is 4.46. The predicted molar refractivity (Wildman–Crippen MR) is 78.2 cm³/mol. The number of hydrogen-bond donors (Lipinski definition) is 0. The first kappa shape index (κ1) is 13.2. The van der Waals surface area contributed by atoms with Gasteiger partial charge in [0.1, 0.15) is 6.61 Å². The van der Waals surface area contributed by atoms with E-state index in [0.29, 0.717) is 18.0 Å². The van der Waals surface area contributed by atoms with E-state index in [9.17, 15) is 4.39 Å². The highest BCUT2D eigenvalue weighted by atomic mass is 19.1. The maximum atomic E-state index is 14.5. The van der Waals surface area contributed by atoms with E-state index in [2.05, 4.69) is 9.97 Å². The molecular formula is C17H13FN2O. The lowest BCUT2D eigenvalue weighted by atomic mass is 10.2. The van der Waals surface area contributed by atoms with Gasteiger partial charge in [0.05, 0.1) is 5.56 Å². The second kappa shape index (κ2) is 6.13. The summed E-state index contributed by atoms with van der Waals surface area (Å²) in [6, 6.07) is 16.3. The Morgan fingerprint density at radius 2 is 1.62 bits per heavy atom. The van der Waals surface area contributed by atoms with Crippen molar-refractivity contribution in [2.45, 2.75) is 6.61 Å². The molecule has 0 saturated carbocycles. The fourth-order valence-corrected chi connectivity index (χ4v) is 1.97. The van der Waals surface area contributed by atoms with Crippen LogP contribution in [0.25, 0.3) is 11.4 Å². The molecule has 104 valence electrons. The number of hydrogen-bond acceptors (Lipinski definition) is 3. The number of benzene rings is 2. The highest BCUT2D eigenvalue weighted by Crippen LogP contribution is 2.27. The molecule has 3 nitrogen and oxygen atoms in total. The van der Waals surface area contributed by atoms with Crippen molar-refractivity contribution in [2.24, 2.45) is 0 Å². The van der Waals surface area contributed by atoms with Crippen molar-refractivity contribution in [1.82, 2.24) is 9.97 Å². The zero-order chi connectivity index (χ0) is 14.5. The van der Waals surface area contributed by atoms with E-state index >= 15 is 0 Å². The lowest BCUT2D eigenvalue weighted by molar-refractivity contribution is 0.290. The molecule has 2 aromatic carbocycles. The Morgan fingerprint density at radius 1 is 0.857 bits per heavy atom. The molecule has 3 rings (SSSR count). The van der Waals surface area contributed by atoms with Gasteiger partial charge >= 0.3 is 0 Å². The molecule has 1 heterocycles. The molecule has 0 spiro atoms. The van der Waals surface area contributed by atoms with Crippen LogP contribution in [0.5, 0.6) is 5.75 Å². The van der Waals surface area contributed by atoms with Crippen molar-refractivity contribution in [2.75, 3.05) is 0 Å². The van der Waals surface area contributed by atoms with Gasteiger partial charge in [-0.2, -0.15) is 0 Å². The highest BCUT2D eigenvalue weighted by molar-refractivity contribution is 5.58. The average Bonchev–Trinajstić information content (AvgIpc) is 2.56. The third kappa shape index (κ3) is 3.05. The van der Waals surface area contributed by atoms with Gasteiger partial charge in [0, 0.05) is 12.4 Å². The molecule has 1 aromatic heterocycles. The van der Waals surface area contributed by atoms with Crippen molar-refractivity contribution in [3.05, 3.63) is 78.4 Å². The summed E-state index contributed by atoms with van der Waals surface area (Å²) in [4.78, 5) is 8.13. The molecular weight excluding hydrogens is 267 g/mol. The maximum absolute atomic E-state index is 14.5. The summed E-state index contributed by atoms with van der Waals surface area (Å²) < 4.78 is 20.0. The van der Waals surface area contributed by atoms with Crippen LogP contribution in [-0.2, 0) is 6.61 Å². The minimum Gasteiger partial charge on any atom is -0.486 e.